The molecule has 0 aliphatic carbocycles. The maximum absolute atomic E-state index is 11.4. The average molecular weight is 236 g/mol. The number of para-hydroxylation sites is 1. The highest BCUT2D eigenvalue weighted by Gasteiger charge is 2.05. The Balaban J connectivity index is 2.47. The first-order chi connectivity index (χ1) is 8.27. The van der Waals surface area contributed by atoms with E-state index in [1.165, 1.54) is 0 Å². The molecule has 94 valence electrons. The highest BCUT2D eigenvalue weighted by atomic mass is 16.5. The van der Waals surface area contributed by atoms with Gasteiger partial charge >= 0.3 is 0 Å². The summed E-state index contributed by atoms with van der Waals surface area (Å²) < 4.78 is 5.50. The molecule has 1 aromatic rings. The molecule has 0 spiro atoms. The van der Waals surface area contributed by atoms with E-state index in [9.17, 15) is 4.79 Å². The van der Waals surface area contributed by atoms with Crippen molar-refractivity contribution in [2.75, 3.05) is 20.2 Å². The summed E-state index contributed by atoms with van der Waals surface area (Å²) in [6, 6.07) is 7.71. The van der Waals surface area contributed by atoms with Gasteiger partial charge in [0.05, 0.1) is 0 Å². The van der Waals surface area contributed by atoms with Gasteiger partial charge in [0.2, 0.25) is 0 Å². The van der Waals surface area contributed by atoms with Crippen molar-refractivity contribution in [1.29, 1.82) is 0 Å². The van der Waals surface area contributed by atoms with Crippen molar-refractivity contribution in [1.82, 2.24) is 10.6 Å². The van der Waals surface area contributed by atoms with E-state index in [0.29, 0.717) is 6.54 Å². The Labute approximate surface area is 102 Å². The number of hydrogen-bond donors (Lipinski definition) is 2. The molecule has 4 heteroatoms. The Hall–Kier alpha value is -1.55. The maximum Gasteiger partial charge on any atom is 0.257 e. The van der Waals surface area contributed by atoms with Crippen LogP contribution in [0.1, 0.15) is 18.9 Å². The Bertz CT molecular complexity index is 353. The van der Waals surface area contributed by atoms with Crippen LogP contribution in [0.5, 0.6) is 5.75 Å². The average Bonchev–Trinajstić information content (AvgIpc) is 2.35. The van der Waals surface area contributed by atoms with Gasteiger partial charge in [-0.3, -0.25) is 4.79 Å². The van der Waals surface area contributed by atoms with Gasteiger partial charge < -0.3 is 15.4 Å². The number of ether oxygens (including phenoxy) is 1. The molecule has 1 rings (SSSR count). The van der Waals surface area contributed by atoms with Gasteiger partial charge in [-0.05, 0) is 19.5 Å². The zero-order valence-electron chi connectivity index (χ0n) is 10.5. The molecule has 0 unspecified atom stereocenters. The molecule has 1 aromatic carbocycles. The largest absolute Gasteiger partial charge is 0.483 e. The highest BCUT2D eigenvalue weighted by molar-refractivity contribution is 5.77. The van der Waals surface area contributed by atoms with Crippen LogP contribution in [-0.4, -0.2) is 26.1 Å². The van der Waals surface area contributed by atoms with Crippen LogP contribution >= 0.6 is 0 Å². The molecule has 0 saturated carbocycles. The van der Waals surface area contributed by atoms with E-state index >= 15 is 0 Å². The second-order valence-electron chi connectivity index (χ2n) is 3.78. The van der Waals surface area contributed by atoms with E-state index in [0.717, 1.165) is 24.3 Å². The third-order valence-electron chi connectivity index (χ3n) is 2.27. The van der Waals surface area contributed by atoms with E-state index in [1.807, 2.05) is 38.2 Å². The lowest BCUT2D eigenvalue weighted by Crippen LogP contribution is -2.29. The van der Waals surface area contributed by atoms with Crippen LogP contribution in [0, 0.1) is 0 Å². The molecule has 0 saturated heterocycles. The highest BCUT2D eigenvalue weighted by Crippen LogP contribution is 2.17. The van der Waals surface area contributed by atoms with Crippen LogP contribution in [0.2, 0.25) is 0 Å². The van der Waals surface area contributed by atoms with E-state index in [4.69, 9.17) is 4.74 Å². The Morgan fingerprint density at radius 3 is 2.82 bits per heavy atom. The number of benzene rings is 1. The molecule has 4 nitrogen and oxygen atoms in total. The Kier molecular flexibility index (Phi) is 6.10. The number of amides is 1. The van der Waals surface area contributed by atoms with E-state index in [1.54, 1.807) is 0 Å². The molecule has 0 atom stereocenters. The van der Waals surface area contributed by atoms with Crippen molar-refractivity contribution in [2.24, 2.45) is 0 Å². The SMILES string of the molecule is CCCNC(=O)COc1ccccc1CNC. The Morgan fingerprint density at radius 2 is 2.12 bits per heavy atom. The fraction of sp³-hybridized carbons (Fsp3) is 0.462. The van der Waals surface area contributed by atoms with Crippen LogP contribution in [0.3, 0.4) is 0 Å². The van der Waals surface area contributed by atoms with Crippen LogP contribution in [-0.2, 0) is 11.3 Å². The van der Waals surface area contributed by atoms with Crippen LogP contribution in [0.25, 0.3) is 0 Å². The van der Waals surface area contributed by atoms with Gasteiger partial charge in [0.15, 0.2) is 6.61 Å². The van der Waals surface area contributed by atoms with Crippen molar-refractivity contribution >= 4 is 5.91 Å². The molecule has 0 radical (unpaired) electrons. The topological polar surface area (TPSA) is 50.4 Å². The lowest BCUT2D eigenvalue weighted by Gasteiger charge is -2.11. The van der Waals surface area contributed by atoms with Gasteiger partial charge in [0.25, 0.3) is 5.91 Å². The minimum absolute atomic E-state index is 0.0702. The maximum atomic E-state index is 11.4. The van der Waals surface area contributed by atoms with Crippen molar-refractivity contribution in [3.63, 3.8) is 0 Å². The molecule has 0 heterocycles. The molecule has 17 heavy (non-hydrogen) atoms. The smallest absolute Gasteiger partial charge is 0.257 e. The summed E-state index contributed by atoms with van der Waals surface area (Å²) >= 11 is 0. The fourth-order valence-corrected chi connectivity index (χ4v) is 1.44. The minimum atomic E-state index is -0.0777. The van der Waals surface area contributed by atoms with Gasteiger partial charge in [-0.15, -0.1) is 0 Å². The minimum Gasteiger partial charge on any atom is -0.483 e. The van der Waals surface area contributed by atoms with Crippen molar-refractivity contribution < 1.29 is 9.53 Å². The number of nitrogens with one attached hydrogen (secondary N) is 2. The number of hydrogen-bond acceptors (Lipinski definition) is 3. The summed E-state index contributed by atoms with van der Waals surface area (Å²) in [6.45, 7) is 3.51. The predicted octanol–water partition coefficient (Wildman–Crippen LogP) is 1.31. The quantitative estimate of drug-likeness (QED) is 0.750. The molecule has 0 aromatic heterocycles. The van der Waals surface area contributed by atoms with E-state index < -0.39 is 0 Å². The van der Waals surface area contributed by atoms with Crippen LogP contribution < -0.4 is 15.4 Å². The molecular weight excluding hydrogens is 216 g/mol. The van der Waals surface area contributed by atoms with Gasteiger partial charge in [0.1, 0.15) is 5.75 Å². The second-order valence-corrected chi connectivity index (χ2v) is 3.78. The first-order valence-electron chi connectivity index (χ1n) is 5.90. The molecule has 0 aliphatic heterocycles. The first kappa shape index (κ1) is 13.5. The van der Waals surface area contributed by atoms with Crippen molar-refractivity contribution in [2.45, 2.75) is 19.9 Å². The summed E-state index contributed by atoms with van der Waals surface area (Å²) in [6.07, 6.45) is 0.933. The summed E-state index contributed by atoms with van der Waals surface area (Å²) in [7, 11) is 1.88. The lowest BCUT2D eigenvalue weighted by atomic mass is 10.2. The molecule has 0 aliphatic rings. The molecule has 2 N–H and O–H groups in total. The first-order valence-corrected chi connectivity index (χ1v) is 5.90. The number of carbonyl (C=O) groups is 1. The summed E-state index contributed by atoms with van der Waals surface area (Å²) in [4.78, 5) is 11.4. The second kappa shape index (κ2) is 7.68. The van der Waals surface area contributed by atoms with E-state index in [2.05, 4.69) is 10.6 Å². The summed E-state index contributed by atoms with van der Waals surface area (Å²) in [5.41, 5.74) is 1.05. The third kappa shape index (κ3) is 4.87. The molecule has 0 bridgehead atoms. The summed E-state index contributed by atoms with van der Waals surface area (Å²) in [5.74, 6) is 0.680. The lowest BCUT2D eigenvalue weighted by molar-refractivity contribution is -0.123. The van der Waals surface area contributed by atoms with Crippen molar-refractivity contribution in [3.8, 4) is 5.75 Å². The van der Waals surface area contributed by atoms with Gasteiger partial charge in [-0.25, -0.2) is 0 Å². The predicted molar refractivity (Wildman–Crippen MR) is 68.0 cm³/mol. The summed E-state index contributed by atoms with van der Waals surface area (Å²) in [5, 5.41) is 5.84. The third-order valence-corrected chi connectivity index (χ3v) is 2.27. The monoisotopic (exact) mass is 236 g/mol. The van der Waals surface area contributed by atoms with Crippen LogP contribution in [0.15, 0.2) is 24.3 Å². The zero-order valence-corrected chi connectivity index (χ0v) is 10.5. The zero-order chi connectivity index (χ0) is 12.5. The number of carbonyl (C=O) groups excluding carboxylic acids is 1. The van der Waals surface area contributed by atoms with Gasteiger partial charge in [-0.2, -0.15) is 0 Å². The van der Waals surface area contributed by atoms with Crippen LogP contribution in [0.4, 0.5) is 0 Å². The van der Waals surface area contributed by atoms with Crippen molar-refractivity contribution in [3.05, 3.63) is 29.8 Å². The van der Waals surface area contributed by atoms with E-state index in [-0.39, 0.29) is 12.5 Å². The van der Waals surface area contributed by atoms with Gasteiger partial charge in [0, 0.05) is 18.7 Å². The standard InChI is InChI=1S/C13H20N2O2/c1-3-8-15-13(16)10-17-12-7-5-4-6-11(12)9-14-2/h4-7,14H,3,8-10H2,1-2H3,(H,15,16). The molecule has 1 amide bonds. The Morgan fingerprint density at radius 1 is 1.35 bits per heavy atom. The molecule has 0 fully saturated rings. The number of rotatable bonds is 7. The van der Waals surface area contributed by atoms with Gasteiger partial charge in [-0.1, -0.05) is 25.1 Å². The molecular formula is C13H20N2O2. The normalized spacial score (nSPS) is 10.0. The fourth-order valence-electron chi connectivity index (χ4n) is 1.44.